The Hall–Kier alpha value is -0.460. The number of hydrogen-bond donors (Lipinski definition) is 2. The van der Waals surface area contributed by atoms with Gasteiger partial charge in [0.25, 0.3) is 0 Å². The third kappa shape index (κ3) is 3.10. The van der Waals surface area contributed by atoms with Crippen LogP contribution in [0.4, 0.5) is 0 Å². The Kier molecular flexibility index (Phi) is 4.90. The molecule has 2 heterocycles. The molecular weight excluding hydrogens is 546 g/mol. The Labute approximate surface area is 162 Å². The van der Waals surface area contributed by atoms with Crippen molar-refractivity contribution < 1.29 is 9.90 Å². The number of aromatic nitrogens is 1. The highest BCUT2D eigenvalue weighted by atomic mass is 127. The Morgan fingerprint density at radius 2 is 2.00 bits per heavy atom. The number of benzene rings is 1. The van der Waals surface area contributed by atoms with Gasteiger partial charge in [-0.2, -0.15) is 0 Å². The lowest BCUT2D eigenvalue weighted by Crippen LogP contribution is -2.11. The zero-order valence-electron chi connectivity index (χ0n) is 10.8. The zero-order chi connectivity index (χ0) is 15.9. The number of thioether (sulfide) groups is 1. The van der Waals surface area contributed by atoms with Crippen LogP contribution in [0.15, 0.2) is 28.6 Å². The molecule has 0 amide bonds. The summed E-state index contributed by atoms with van der Waals surface area (Å²) in [6.07, 6.45) is 3.43. The molecule has 0 saturated carbocycles. The van der Waals surface area contributed by atoms with Crippen molar-refractivity contribution >= 4 is 85.2 Å². The molecule has 3 rings (SSSR count). The van der Waals surface area contributed by atoms with Crippen molar-refractivity contribution in [2.75, 3.05) is 0 Å². The van der Waals surface area contributed by atoms with Crippen LogP contribution in [0.25, 0.3) is 6.08 Å². The van der Waals surface area contributed by atoms with Crippen LogP contribution in [0, 0.1) is 12.5 Å². The second-order valence-corrected chi connectivity index (χ2v) is 8.81. The van der Waals surface area contributed by atoms with E-state index < -0.39 is 5.92 Å². The van der Waals surface area contributed by atoms with Gasteiger partial charge < -0.3 is 5.11 Å². The van der Waals surface area contributed by atoms with Crippen molar-refractivity contribution in [1.29, 1.82) is 5.41 Å². The average Bonchev–Trinajstić information content (AvgIpc) is 3.05. The first-order valence-electron chi connectivity index (χ1n) is 6.07. The number of hydrogen-bond acceptors (Lipinski definition) is 6. The predicted octanol–water partition coefficient (Wildman–Crippen LogP) is 4.48. The normalized spacial score (nSPS) is 20.1. The molecule has 1 aliphatic rings. The van der Waals surface area contributed by atoms with E-state index in [1.807, 2.05) is 17.5 Å². The van der Waals surface area contributed by atoms with Crippen LogP contribution in [-0.2, 0) is 4.79 Å². The molecule has 1 aromatic heterocycles. The van der Waals surface area contributed by atoms with Gasteiger partial charge in [-0.05, 0) is 69.0 Å². The highest BCUT2D eigenvalue weighted by molar-refractivity contribution is 14.1. The summed E-state index contributed by atoms with van der Waals surface area (Å²) in [6.45, 7) is 0. The first-order valence-corrected chi connectivity index (χ1v) is 9.92. The summed E-state index contributed by atoms with van der Waals surface area (Å²) < 4.78 is 1.47. The molecule has 0 unspecified atom stereocenters. The monoisotopic (exact) mass is 554 g/mol. The minimum absolute atomic E-state index is 0.0805. The van der Waals surface area contributed by atoms with Gasteiger partial charge in [0, 0.05) is 11.6 Å². The number of aromatic hydroxyl groups is 1. The molecular formula is C14H8I2N2O2S2. The van der Waals surface area contributed by atoms with Crippen LogP contribution in [0.1, 0.15) is 16.5 Å². The van der Waals surface area contributed by atoms with Crippen LogP contribution < -0.4 is 0 Å². The third-order valence-electron chi connectivity index (χ3n) is 3.02. The van der Waals surface area contributed by atoms with Crippen LogP contribution in [0.3, 0.4) is 0 Å². The maximum atomic E-state index is 12.5. The van der Waals surface area contributed by atoms with E-state index in [0.717, 1.165) is 12.7 Å². The fourth-order valence-electron chi connectivity index (χ4n) is 2.01. The molecule has 8 heteroatoms. The highest BCUT2D eigenvalue weighted by Gasteiger charge is 2.38. The Morgan fingerprint density at radius 3 is 2.59 bits per heavy atom. The van der Waals surface area contributed by atoms with E-state index in [1.165, 1.54) is 23.1 Å². The lowest BCUT2D eigenvalue weighted by molar-refractivity contribution is -0.114. The average molecular weight is 554 g/mol. The topological polar surface area (TPSA) is 74.0 Å². The smallest absolute Gasteiger partial charge is 0.186 e. The number of phenols is 1. The molecule has 0 bridgehead atoms. The van der Waals surface area contributed by atoms with Gasteiger partial charge in [-0.15, -0.1) is 11.3 Å². The predicted molar refractivity (Wildman–Crippen MR) is 107 cm³/mol. The van der Waals surface area contributed by atoms with E-state index in [2.05, 4.69) is 50.2 Å². The fourth-order valence-corrected chi connectivity index (χ4v) is 5.63. The molecule has 4 nitrogen and oxygen atoms in total. The number of nitrogens with zero attached hydrogens (tertiary/aromatic N) is 1. The minimum Gasteiger partial charge on any atom is -0.506 e. The Bertz CT molecular complexity index is 780. The summed E-state index contributed by atoms with van der Waals surface area (Å²) >= 11 is 6.69. The second-order valence-electron chi connectivity index (χ2n) is 4.48. The summed E-state index contributed by atoms with van der Waals surface area (Å²) in [5.74, 6) is -0.392. The summed E-state index contributed by atoms with van der Waals surface area (Å²) in [6, 6.07) is 3.64. The quantitative estimate of drug-likeness (QED) is 0.425. The number of halogens is 2. The molecule has 112 valence electrons. The molecule has 1 fully saturated rings. The van der Waals surface area contributed by atoms with Crippen molar-refractivity contribution in [1.82, 2.24) is 4.98 Å². The fraction of sp³-hybridized carbons (Fsp3) is 0.0714. The van der Waals surface area contributed by atoms with Crippen LogP contribution in [0.2, 0.25) is 0 Å². The van der Waals surface area contributed by atoms with Crippen LogP contribution >= 0.6 is 68.3 Å². The van der Waals surface area contributed by atoms with Gasteiger partial charge in [0.15, 0.2) is 5.78 Å². The zero-order valence-corrected chi connectivity index (χ0v) is 16.8. The summed E-state index contributed by atoms with van der Waals surface area (Å²) in [4.78, 5) is 17.2. The molecule has 0 aliphatic carbocycles. The van der Waals surface area contributed by atoms with E-state index in [1.54, 1.807) is 12.3 Å². The minimum atomic E-state index is -0.563. The molecule has 2 aromatic rings. The van der Waals surface area contributed by atoms with Gasteiger partial charge in [0.2, 0.25) is 0 Å². The van der Waals surface area contributed by atoms with Crippen LogP contribution in [0.5, 0.6) is 5.75 Å². The van der Waals surface area contributed by atoms with E-state index in [0.29, 0.717) is 15.0 Å². The molecule has 22 heavy (non-hydrogen) atoms. The van der Waals surface area contributed by atoms with Crippen molar-refractivity contribution in [3.63, 3.8) is 0 Å². The molecule has 1 saturated heterocycles. The first kappa shape index (κ1) is 16.4. The summed E-state index contributed by atoms with van der Waals surface area (Å²) in [5, 5.41) is 20.7. The number of Topliss-reactive ketones (excluding diaryl/α,β-unsaturated/α-hetero) is 1. The number of allylic oxidation sites excluding steroid dienone is 1. The highest BCUT2D eigenvalue weighted by Crippen LogP contribution is 2.41. The van der Waals surface area contributed by atoms with E-state index in [-0.39, 0.29) is 11.5 Å². The maximum absolute atomic E-state index is 12.5. The first-order chi connectivity index (χ1) is 10.5. The lowest BCUT2D eigenvalue weighted by atomic mass is 10.1. The Balaban J connectivity index is 1.96. The SMILES string of the molecule is N=C1S/C(=C\c2cc(I)c(O)c(I)c2)C(=O)[C@@H]1c1nccs1. The number of thiazole rings is 1. The van der Waals surface area contributed by atoms with Crippen molar-refractivity contribution in [3.8, 4) is 5.75 Å². The number of nitrogens with one attached hydrogen (secondary N) is 1. The van der Waals surface area contributed by atoms with Gasteiger partial charge in [-0.25, -0.2) is 4.98 Å². The molecule has 0 radical (unpaired) electrons. The van der Waals surface area contributed by atoms with E-state index in [4.69, 9.17) is 5.41 Å². The summed E-state index contributed by atoms with van der Waals surface area (Å²) in [7, 11) is 0. The molecule has 0 spiro atoms. The van der Waals surface area contributed by atoms with Gasteiger partial charge in [0.1, 0.15) is 16.7 Å². The lowest BCUT2D eigenvalue weighted by Gasteiger charge is -2.03. The standard InChI is InChI=1S/C14H8I2N2O2S2/c15-7-3-6(4-8(16)11(7)19)5-9-12(20)10(13(17)22-9)14-18-1-2-21-14/h1-5,10,17,19H/b9-5-,17-13?/t10-/m0/s1. The third-order valence-corrected chi connectivity index (χ3v) is 6.50. The molecule has 1 aliphatic heterocycles. The molecule has 2 N–H and O–H groups in total. The van der Waals surface area contributed by atoms with Gasteiger partial charge >= 0.3 is 0 Å². The number of carbonyl (C=O) groups is 1. The number of ketones is 1. The number of rotatable bonds is 2. The van der Waals surface area contributed by atoms with Gasteiger partial charge in [-0.3, -0.25) is 10.2 Å². The van der Waals surface area contributed by atoms with Crippen molar-refractivity contribution in [2.45, 2.75) is 5.92 Å². The van der Waals surface area contributed by atoms with Gasteiger partial charge in [0.05, 0.1) is 17.1 Å². The van der Waals surface area contributed by atoms with E-state index in [9.17, 15) is 9.90 Å². The largest absolute Gasteiger partial charge is 0.506 e. The Morgan fingerprint density at radius 1 is 1.32 bits per heavy atom. The van der Waals surface area contributed by atoms with Gasteiger partial charge in [-0.1, -0.05) is 11.8 Å². The summed E-state index contributed by atoms with van der Waals surface area (Å²) in [5.41, 5.74) is 0.843. The van der Waals surface area contributed by atoms with E-state index >= 15 is 0 Å². The maximum Gasteiger partial charge on any atom is 0.186 e. The second kappa shape index (κ2) is 6.57. The van der Waals surface area contributed by atoms with Crippen LogP contribution in [-0.4, -0.2) is 20.9 Å². The number of phenolic OH excluding ortho intramolecular Hbond substituents is 1. The van der Waals surface area contributed by atoms with Crippen molar-refractivity contribution in [3.05, 3.63) is 46.3 Å². The number of carbonyl (C=O) groups excluding carboxylic acids is 1. The molecule has 1 atom stereocenters. The van der Waals surface area contributed by atoms with Crippen molar-refractivity contribution in [2.24, 2.45) is 0 Å². The molecule has 1 aromatic carbocycles.